The van der Waals surface area contributed by atoms with Gasteiger partial charge in [-0.3, -0.25) is 15.0 Å². The van der Waals surface area contributed by atoms with Gasteiger partial charge >= 0.3 is 0 Å². The average Bonchev–Trinajstić information content (AvgIpc) is 3.07. The van der Waals surface area contributed by atoms with Crippen LogP contribution in [0.2, 0.25) is 0 Å². The smallest absolute Gasteiger partial charge is 0.223 e. The van der Waals surface area contributed by atoms with Gasteiger partial charge in [-0.05, 0) is 32.4 Å². The molecule has 8 heteroatoms. The Morgan fingerprint density at radius 3 is 2.54 bits per heavy atom. The van der Waals surface area contributed by atoms with Gasteiger partial charge < -0.3 is 9.84 Å². The third-order valence-corrected chi connectivity index (χ3v) is 4.43. The van der Waals surface area contributed by atoms with Crippen LogP contribution < -0.4 is 5.32 Å². The van der Waals surface area contributed by atoms with E-state index in [1.807, 2.05) is 39.1 Å². The number of pyridine rings is 1. The largest absolute Gasteiger partial charge is 0.361 e. The standard InChI is InChI=1S/C20H19N7O/c1-12(15-5-4-6-21-9-15)25-20-24-10-16(17-11-22-7-8-23-17)19(26-20)18-13(2)27-28-14(18)3/h4-12H,1-3H3,(H,24,25,26). The Kier molecular flexibility index (Phi) is 4.76. The summed E-state index contributed by atoms with van der Waals surface area (Å²) in [7, 11) is 0. The molecule has 4 aromatic rings. The number of hydrogen-bond donors (Lipinski definition) is 1. The number of aryl methyl sites for hydroxylation is 2. The van der Waals surface area contributed by atoms with Crippen molar-refractivity contribution >= 4 is 5.95 Å². The summed E-state index contributed by atoms with van der Waals surface area (Å²) in [6.45, 7) is 5.79. The van der Waals surface area contributed by atoms with Crippen molar-refractivity contribution in [2.24, 2.45) is 0 Å². The summed E-state index contributed by atoms with van der Waals surface area (Å²) in [5.41, 5.74) is 4.79. The van der Waals surface area contributed by atoms with E-state index in [0.29, 0.717) is 23.1 Å². The van der Waals surface area contributed by atoms with Crippen molar-refractivity contribution in [1.29, 1.82) is 0 Å². The Balaban J connectivity index is 1.78. The normalized spacial score (nSPS) is 12.0. The summed E-state index contributed by atoms with van der Waals surface area (Å²) in [6.07, 6.45) is 10.3. The van der Waals surface area contributed by atoms with Crippen molar-refractivity contribution in [3.05, 3.63) is 66.3 Å². The number of anilines is 1. The molecule has 28 heavy (non-hydrogen) atoms. The van der Waals surface area contributed by atoms with Gasteiger partial charge in [0.2, 0.25) is 5.95 Å². The SMILES string of the molecule is Cc1noc(C)c1-c1nc(NC(C)c2cccnc2)ncc1-c1cnccn1. The molecule has 1 atom stereocenters. The number of nitrogens with one attached hydrogen (secondary N) is 1. The monoisotopic (exact) mass is 373 g/mol. The van der Waals surface area contributed by atoms with Gasteiger partial charge in [0, 0.05) is 36.5 Å². The molecule has 0 bridgehead atoms. The summed E-state index contributed by atoms with van der Waals surface area (Å²) >= 11 is 0. The third-order valence-electron chi connectivity index (χ3n) is 4.43. The maximum Gasteiger partial charge on any atom is 0.223 e. The minimum Gasteiger partial charge on any atom is -0.361 e. The molecule has 140 valence electrons. The molecule has 0 aliphatic carbocycles. The lowest BCUT2D eigenvalue weighted by Gasteiger charge is -2.15. The van der Waals surface area contributed by atoms with Gasteiger partial charge in [0.15, 0.2) is 0 Å². The lowest BCUT2D eigenvalue weighted by atomic mass is 10.0. The zero-order chi connectivity index (χ0) is 19.5. The molecule has 4 rings (SSSR count). The van der Waals surface area contributed by atoms with Gasteiger partial charge in [-0.2, -0.15) is 0 Å². The van der Waals surface area contributed by atoms with E-state index in [4.69, 9.17) is 9.51 Å². The van der Waals surface area contributed by atoms with Crippen LogP contribution in [0.3, 0.4) is 0 Å². The second kappa shape index (κ2) is 7.51. The number of hydrogen-bond acceptors (Lipinski definition) is 8. The highest BCUT2D eigenvalue weighted by Crippen LogP contribution is 2.33. The van der Waals surface area contributed by atoms with Crippen LogP contribution in [-0.4, -0.2) is 30.1 Å². The summed E-state index contributed by atoms with van der Waals surface area (Å²) in [6, 6.07) is 3.91. The molecule has 1 N–H and O–H groups in total. The fraction of sp³-hybridized carbons (Fsp3) is 0.200. The van der Waals surface area contributed by atoms with Gasteiger partial charge in [-0.15, -0.1) is 0 Å². The highest BCUT2D eigenvalue weighted by atomic mass is 16.5. The molecule has 0 fully saturated rings. The predicted octanol–water partition coefficient (Wildman–Crippen LogP) is 3.77. The van der Waals surface area contributed by atoms with E-state index in [1.54, 1.807) is 31.0 Å². The van der Waals surface area contributed by atoms with Crippen molar-refractivity contribution in [2.75, 3.05) is 5.32 Å². The van der Waals surface area contributed by atoms with Gasteiger partial charge in [-0.25, -0.2) is 9.97 Å². The number of aromatic nitrogens is 6. The van der Waals surface area contributed by atoms with Crippen LogP contribution in [0.15, 0.2) is 53.8 Å². The molecule has 0 aliphatic rings. The van der Waals surface area contributed by atoms with E-state index in [0.717, 1.165) is 22.4 Å². The van der Waals surface area contributed by atoms with E-state index < -0.39 is 0 Å². The first-order valence-electron chi connectivity index (χ1n) is 8.86. The molecule has 0 radical (unpaired) electrons. The molecule has 4 heterocycles. The lowest BCUT2D eigenvalue weighted by Crippen LogP contribution is -2.10. The zero-order valence-electron chi connectivity index (χ0n) is 15.8. The molecular formula is C20H19N7O. The van der Waals surface area contributed by atoms with E-state index >= 15 is 0 Å². The van der Waals surface area contributed by atoms with E-state index in [1.165, 1.54) is 0 Å². The van der Waals surface area contributed by atoms with Gasteiger partial charge in [0.1, 0.15) is 5.76 Å². The van der Waals surface area contributed by atoms with Crippen LogP contribution in [0.5, 0.6) is 0 Å². The first-order chi connectivity index (χ1) is 13.6. The second-order valence-corrected chi connectivity index (χ2v) is 6.40. The average molecular weight is 373 g/mol. The third kappa shape index (κ3) is 3.44. The van der Waals surface area contributed by atoms with Crippen LogP contribution >= 0.6 is 0 Å². The minimum atomic E-state index is -0.00594. The van der Waals surface area contributed by atoms with Crippen molar-refractivity contribution in [3.8, 4) is 22.5 Å². The van der Waals surface area contributed by atoms with Gasteiger partial charge in [-0.1, -0.05) is 11.2 Å². The van der Waals surface area contributed by atoms with Crippen LogP contribution in [-0.2, 0) is 0 Å². The van der Waals surface area contributed by atoms with Crippen LogP contribution in [0.4, 0.5) is 5.95 Å². The lowest BCUT2D eigenvalue weighted by molar-refractivity contribution is 0.393. The maximum atomic E-state index is 5.36. The Morgan fingerprint density at radius 1 is 1.00 bits per heavy atom. The molecule has 0 amide bonds. The molecule has 0 spiro atoms. The van der Waals surface area contributed by atoms with Gasteiger partial charge in [0.25, 0.3) is 0 Å². The second-order valence-electron chi connectivity index (χ2n) is 6.40. The molecule has 8 nitrogen and oxygen atoms in total. The molecule has 0 aromatic carbocycles. The fourth-order valence-corrected chi connectivity index (χ4v) is 3.00. The molecule has 0 saturated carbocycles. The van der Waals surface area contributed by atoms with Gasteiger partial charge in [0.05, 0.1) is 34.9 Å². The van der Waals surface area contributed by atoms with Crippen molar-refractivity contribution in [1.82, 2.24) is 30.1 Å². The van der Waals surface area contributed by atoms with Crippen LogP contribution in [0, 0.1) is 13.8 Å². The topological polar surface area (TPSA) is 103 Å². The first kappa shape index (κ1) is 17.7. The summed E-state index contributed by atoms with van der Waals surface area (Å²) in [4.78, 5) is 22.0. The van der Waals surface area contributed by atoms with Crippen LogP contribution in [0.25, 0.3) is 22.5 Å². The van der Waals surface area contributed by atoms with Crippen molar-refractivity contribution < 1.29 is 4.52 Å². The highest BCUT2D eigenvalue weighted by molar-refractivity contribution is 5.80. The van der Waals surface area contributed by atoms with E-state index in [-0.39, 0.29) is 6.04 Å². The van der Waals surface area contributed by atoms with Crippen molar-refractivity contribution in [2.45, 2.75) is 26.8 Å². The van der Waals surface area contributed by atoms with E-state index in [9.17, 15) is 0 Å². The summed E-state index contributed by atoms with van der Waals surface area (Å²) in [5.74, 6) is 1.19. The number of nitrogens with zero attached hydrogens (tertiary/aromatic N) is 6. The maximum absolute atomic E-state index is 5.36. The predicted molar refractivity (Wildman–Crippen MR) is 104 cm³/mol. The Labute approximate surface area is 162 Å². The summed E-state index contributed by atoms with van der Waals surface area (Å²) in [5, 5.41) is 7.39. The first-order valence-corrected chi connectivity index (χ1v) is 8.86. The summed E-state index contributed by atoms with van der Waals surface area (Å²) < 4.78 is 5.36. The molecule has 4 aromatic heterocycles. The quantitative estimate of drug-likeness (QED) is 0.564. The Bertz CT molecular complexity index is 1060. The van der Waals surface area contributed by atoms with E-state index in [2.05, 4.69) is 30.4 Å². The Hall–Kier alpha value is -3.68. The molecular weight excluding hydrogens is 354 g/mol. The molecule has 1 unspecified atom stereocenters. The van der Waals surface area contributed by atoms with Crippen molar-refractivity contribution in [3.63, 3.8) is 0 Å². The zero-order valence-corrected chi connectivity index (χ0v) is 15.8. The fourth-order valence-electron chi connectivity index (χ4n) is 3.00. The molecule has 0 aliphatic heterocycles. The molecule has 0 saturated heterocycles. The Morgan fingerprint density at radius 2 is 1.86 bits per heavy atom. The minimum absolute atomic E-state index is 0.00594. The highest BCUT2D eigenvalue weighted by Gasteiger charge is 2.20. The number of rotatable bonds is 5. The van der Waals surface area contributed by atoms with Crippen LogP contribution in [0.1, 0.15) is 30.0 Å².